The molecule has 0 radical (unpaired) electrons. The van der Waals surface area contributed by atoms with E-state index in [2.05, 4.69) is 15.2 Å². The zero-order valence-corrected chi connectivity index (χ0v) is 17.8. The van der Waals surface area contributed by atoms with Gasteiger partial charge >= 0.3 is 0 Å². The first kappa shape index (κ1) is 20.6. The molecule has 3 heterocycles. The zero-order valence-electron chi connectivity index (χ0n) is 17.8. The highest BCUT2D eigenvalue weighted by atomic mass is 19.1. The number of amides is 1. The quantitative estimate of drug-likeness (QED) is 0.462. The third-order valence-electron chi connectivity index (χ3n) is 5.92. The lowest BCUT2D eigenvalue weighted by molar-refractivity contribution is 0.0745. The average Bonchev–Trinajstić information content (AvgIpc) is 3.40. The van der Waals surface area contributed by atoms with E-state index in [1.54, 1.807) is 29.4 Å². The molecular formula is C26H22FN5O. The van der Waals surface area contributed by atoms with Crippen LogP contribution in [0.4, 0.5) is 4.39 Å². The summed E-state index contributed by atoms with van der Waals surface area (Å²) in [5.41, 5.74) is 11.2. The molecule has 4 aromatic rings. The van der Waals surface area contributed by atoms with Crippen LogP contribution in [0.2, 0.25) is 0 Å². The predicted molar refractivity (Wildman–Crippen MR) is 124 cm³/mol. The molecule has 0 unspecified atom stereocenters. The number of H-pyrrole nitrogens is 1. The summed E-state index contributed by atoms with van der Waals surface area (Å²) in [6, 6.07) is 21.2. The number of fused-ring (bicyclic) bond motifs is 1. The van der Waals surface area contributed by atoms with E-state index in [1.807, 2.05) is 48.5 Å². The monoisotopic (exact) mass is 439 g/mol. The molecule has 3 N–H and O–H groups in total. The molecule has 1 amide bonds. The Kier molecular flexibility index (Phi) is 5.44. The van der Waals surface area contributed by atoms with Gasteiger partial charge in [-0.3, -0.25) is 14.9 Å². The standard InChI is InChI=1S/C26H22FN5O/c27-20-11-9-18(10-12-20)23-22-24(31-30-23)26(33)32(25(22)21-8-4-5-14-29-21)15-13-19(16-28)17-6-2-1-3-7-17/h1-12,14,16,25H,13,15,28H2,(H,30,31)/b19-16+/t25-/m0/s1. The lowest BCUT2D eigenvalue weighted by atomic mass is 9.98. The lowest BCUT2D eigenvalue weighted by Gasteiger charge is -2.26. The van der Waals surface area contributed by atoms with Crippen molar-refractivity contribution in [1.82, 2.24) is 20.1 Å². The Morgan fingerprint density at radius 2 is 1.82 bits per heavy atom. The van der Waals surface area contributed by atoms with Gasteiger partial charge in [-0.1, -0.05) is 36.4 Å². The number of rotatable bonds is 6. The van der Waals surface area contributed by atoms with Gasteiger partial charge in [0.15, 0.2) is 0 Å². The largest absolute Gasteiger partial charge is 0.404 e. The van der Waals surface area contributed by atoms with Crippen LogP contribution in [0.1, 0.15) is 39.8 Å². The number of nitrogens with zero attached hydrogens (tertiary/aromatic N) is 3. The average molecular weight is 439 g/mol. The Morgan fingerprint density at radius 3 is 2.52 bits per heavy atom. The highest BCUT2D eigenvalue weighted by Crippen LogP contribution is 2.42. The van der Waals surface area contributed by atoms with Crippen LogP contribution in [-0.2, 0) is 0 Å². The SMILES string of the molecule is N/C=C(\CCN1C(=O)c2[nH]nc(-c3ccc(F)cc3)c2[C@@H]1c1ccccn1)c1ccccc1. The van der Waals surface area contributed by atoms with Gasteiger partial charge in [-0.05, 0) is 60.2 Å². The van der Waals surface area contributed by atoms with Crippen molar-refractivity contribution in [3.8, 4) is 11.3 Å². The molecule has 5 rings (SSSR count). The van der Waals surface area contributed by atoms with Crippen molar-refractivity contribution in [2.45, 2.75) is 12.5 Å². The smallest absolute Gasteiger partial charge is 0.273 e. The minimum absolute atomic E-state index is 0.147. The van der Waals surface area contributed by atoms with Crippen molar-refractivity contribution in [3.63, 3.8) is 0 Å². The van der Waals surface area contributed by atoms with Crippen LogP contribution in [-0.4, -0.2) is 32.5 Å². The molecule has 2 aromatic carbocycles. The van der Waals surface area contributed by atoms with E-state index in [9.17, 15) is 9.18 Å². The number of hydrogen-bond donors (Lipinski definition) is 2. The first-order valence-corrected chi connectivity index (χ1v) is 10.7. The van der Waals surface area contributed by atoms with Crippen LogP contribution in [0.5, 0.6) is 0 Å². The van der Waals surface area contributed by atoms with Gasteiger partial charge in [0.25, 0.3) is 5.91 Å². The number of pyridine rings is 1. The van der Waals surface area contributed by atoms with E-state index < -0.39 is 6.04 Å². The molecule has 164 valence electrons. The maximum Gasteiger partial charge on any atom is 0.273 e. The van der Waals surface area contributed by atoms with Crippen molar-refractivity contribution in [3.05, 3.63) is 114 Å². The van der Waals surface area contributed by atoms with Crippen LogP contribution in [0.25, 0.3) is 16.8 Å². The minimum Gasteiger partial charge on any atom is -0.404 e. The number of carbonyl (C=O) groups excluding carboxylic acids is 1. The van der Waals surface area contributed by atoms with Gasteiger partial charge in [0.1, 0.15) is 17.6 Å². The second-order valence-corrected chi connectivity index (χ2v) is 7.83. The van der Waals surface area contributed by atoms with Crippen molar-refractivity contribution < 1.29 is 9.18 Å². The lowest BCUT2D eigenvalue weighted by Crippen LogP contribution is -2.31. The Morgan fingerprint density at radius 1 is 1.06 bits per heavy atom. The Bertz CT molecular complexity index is 1300. The number of aromatic nitrogens is 3. The molecule has 0 saturated carbocycles. The summed E-state index contributed by atoms with van der Waals surface area (Å²) in [7, 11) is 0. The van der Waals surface area contributed by atoms with Gasteiger partial charge in [0.2, 0.25) is 0 Å². The van der Waals surface area contributed by atoms with Crippen molar-refractivity contribution in [1.29, 1.82) is 0 Å². The zero-order chi connectivity index (χ0) is 22.8. The molecule has 0 saturated heterocycles. The van der Waals surface area contributed by atoms with Crippen LogP contribution in [0.15, 0.2) is 85.2 Å². The van der Waals surface area contributed by atoms with E-state index >= 15 is 0 Å². The topological polar surface area (TPSA) is 87.9 Å². The van der Waals surface area contributed by atoms with Gasteiger partial charge < -0.3 is 10.6 Å². The summed E-state index contributed by atoms with van der Waals surface area (Å²) >= 11 is 0. The summed E-state index contributed by atoms with van der Waals surface area (Å²) < 4.78 is 13.5. The normalized spacial score (nSPS) is 15.7. The molecule has 6 nitrogen and oxygen atoms in total. The molecular weight excluding hydrogens is 417 g/mol. The summed E-state index contributed by atoms with van der Waals surface area (Å²) in [5, 5.41) is 7.31. The molecule has 2 aromatic heterocycles. The molecule has 7 heteroatoms. The van der Waals surface area contributed by atoms with E-state index in [-0.39, 0.29) is 11.7 Å². The Labute approximate surface area is 190 Å². The van der Waals surface area contributed by atoms with E-state index in [0.717, 1.165) is 28.0 Å². The van der Waals surface area contributed by atoms with Crippen molar-refractivity contribution in [2.24, 2.45) is 5.73 Å². The van der Waals surface area contributed by atoms with E-state index in [1.165, 1.54) is 12.1 Å². The summed E-state index contributed by atoms with van der Waals surface area (Å²) in [4.78, 5) is 19.8. The third-order valence-corrected chi connectivity index (χ3v) is 5.92. The number of nitrogens with two attached hydrogens (primary N) is 1. The molecule has 0 spiro atoms. The molecule has 1 atom stereocenters. The number of benzene rings is 2. The number of carbonyl (C=O) groups is 1. The second-order valence-electron chi connectivity index (χ2n) is 7.83. The maximum atomic E-state index is 13.5. The van der Waals surface area contributed by atoms with Crippen LogP contribution in [0.3, 0.4) is 0 Å². The van der Waals surface area contributed by atoms with Gasteiger partial charge in [-0.15, -0.1) is 0 Å². The summed E-state index contributed by atoms with van der Waals surface area (Å²) in [5.74, 6) is -0.474. The fourth-order valence-electron chi connectivity index (χ4n) is 4.32. The summed E-state index contributed by atoms with van der Waals surface area (Å²) in [6.45, 7) is 0.448. The first-order chi connectivity index (χ1) is 16.2. The molecule has 1 aliphatic heterocycles. The molecule has 0 fully saturated rings. The Balaban J connectivity index is 1.53. The molecule has 0 bridgehead atoms. The molecule has 1 aliphatic rings. The number of aromatic amines is 1. The first-order valence-electron chi connectivity index (χ1n) is 10.7. The molecule has 0 aliphatic carbocycles. The number of nitrogens with one attached hydrogen (secondary N) is 1. The fourth-order valence-corrected chi connectivity index (χ4v) is 4.32. The van der Waals surface area contributed by atoms with Gasteiger partial charge in [0.05, 0.1) is 11.4 Å². The minimum atomic E-state index is -0.415. The maximum absolute atomic E-state index is 13.5. The third kappa shape index (κ3) is 3.78. The van der Waals surface area contributed by atoms with Crippen LogP contribution in [0, 0.1) is 5.82 Å². The fraction of sp³-hybridized carbons (Fsp3) is 0.115. The van der Waals surface area contributed by atoms with Crippen LogP contribution < -0.4 is 5.73 Å². The predicted octanol–water partition coefficient (Wildman–Crippen LogP) is 4.55. The Hall–Kier alpha value is -4.26. The molecule has 33 heavy (non-hydrogen) atoms. The van der Waals surface area contributed by atoms with E-state index in [4.69, 9.17) is 5.73 Å². The van der Waals surface area contributed by atoms with Gasteiger partial charge in [-0.2, -0.15) is 5.10 Å². The van der Waals surface area contributed by atoms with Crippen molar-refractivity contribution >= 4 is 11.5 Å². The van der Waals surface area contributed by atoms with Gasteiger partial charge in [-0.25, -0.2) is 4.39 Å². The highest BCUT2D eigenvalue weighted by molar-refractivity contribution is 6.00. The van der Waals surface area contributed by atoms with Gasteiger partial charge in [0, 0.05) is 23.9 Å². The van der Waals surface area contributed by atoms with E-state index in [0.29, 0.717) is 24.4 Å². The highest BCUT2D eigenvalue weighted by Gasteiger charge is 2.42. The second kappa shape index (κ2) is 8.70. The summed E-state index contributed by atoms with van der Waals surface area (Å²) in [6.07, 6.45) is 3.89. The number of halogens is 1. The number of hydrogen-bond acceptors (Lipinski definition) is 4. The van der Waals surface area contributed by atoms with Crippen LogP contribution >= 0.6 is 0 Å². The van der Waals surface area contributed by atoms with Crippen molar-refractivity contribution in [2.75, 3.05) is 6.54 Å².